The van der Waals surface area contributed by atoms with Gasteiger partial charge >= 0.3 is 12.1 Å². The Hall–Kier alpha value is -2.30. The highest BCUT2D eigenvalue weighted by Gasteiger charge is 2.32. The van der Waals surface area contributed by atoms with Crippen LogP contribution in [0.15, 0.2) is 42.0 Å². The molecule has 24 heavy (non-hydrogen) atoms. The molecule has 0 bridgehead atoms. The van der Waals surface area contributed by atoms with Crippen molar-refractivity contribution in [2.75, 3.05) is 7.11 Å². The summed E-state index contributed by atoms with van der Waals surface area (Å²) in [6.07, 6.45) is 2.59. The Morgan fingerprint density at radius 1 is 1.21 bits per heavy atom. The van der Waals surface area contributed by atoms with Gasteiger partial charge in [-0.25, -0.2) is 9.59 Å². The number of benzene rings is 1. The van der Waals surface area contributed by atoms with Crippen molar-refractivity contribution in [3.63, 3.8) is 0 Å². The highest BCUT2D eigenvalue weighted by atomic mass is 16.6. The van der Waals surface area contributed by atoms with E-state index in [1.807, 2.05) is 57.2 Å². The fraction of sp³-hybridized carbons (Fsp3) is 0.474. The molecule has 0 spiro atoms. The second-order valence-electron chi connectivity index (χ2n) is 6.91. The number of ether oxygens (including phenoxy) is 2. The van der Waals surface area contributed by atoms with E-state index in [2.05, 4.69) is 0 Å². The van der Waals surface area contributed by atoms with Crippen LogP contribution < -0.4 is 0 Å². The van der Waals surface area contributed by atoms with Crippen LogP contribution in [0.3, 0.4) is 0 Å². The minimum Gasteiger partial charge on any atom is -0.466 e. The van der Waals surface area contributed by atoms with Gasteiger partial charge in [0.1, 0.15) is 5.60 Å². The van der Waals surface area contributed by atoms with Crippen LogP contribution >= 0.6 is 0 Å². The number of rotatable bonds is 4. The monoisotopic (exact) mass is 331 g/mol. The molecule has 0 aliphatic heterocycles. The van der Waals surface area contributed by atoms with Crippen molar-refractivity contribution in [2.45, 2.75) is 51.8 Å². The molecule has 0 saturated carbocycles. The van der Waals surface area contributed by atoms with Crippen LogP contribution in [0.1, 0.15) is 39.2 Å². The first-order valence-electron chi connectivity index (χ1n) is 8.11. The van der Waals surface area contributed by atoms with E-state index in [-0.39, 0.29) is 18.1 Å². The van der Waals surface area contributed by atoms with Gasteiger partial charge in [0.2, 0.25) is 0 Å². The van der Waals surface area contributed by atoms with Gasteiger partial charge in [-0.1, -0.05) is 36.4 Å². The lowest BCUT2D eigenvalue weighted by atomic mass is 10.1. The predicted octanol–water partition coefficient (Wildman–Crippen LogP) is 3.69. The van der Waals surface area contributed by atoms with Crippen molar-refractivity contribution in [1.29, 1.82) is 0 Å². The van der Waals surface area contributed by atoms with Crippen molar-refractivity contribution >= 4 is 12.1 Å². The first-order chi connectivity index (χ1) is 11.3. The Labute approximate surface area is 143 Å². The molecular weight excluding hydrogens is 306 g/mol. The van der Waals surface area contributed by atoms with E-state index >= 15 is 0 Å². The number of methoxy groups -OCH3 is 1. The minimum absolute atomic E-state index is 0.103. The van der Waals surface area contributed by atoms with Crippen LogP contribution in [-0.2, 0) is 20.8 Å². The molecule has 1 aromatic carbocycles. The summed E-state index contributed by atoms with van der Waals surface area (Å²) in [4.78, 5) is 26.1. The van der Waals surface area contributed by atoms with E-state index in [1.165, 1.54) is 7.11 Å². The highest BCUT2D eigenvalue weighted by Crippen LogP contribution is 2.27. The summed E-state index contributed by atoms with van der Waals surface area (Å²) in [5.74, 6) is -0.332. The molecule has 0 aromatic heterocycles. The van der Waals surface area contributed by atoms with Crippen molar-refractivity contribution in [2.24, 2.45) is 0 Å². The van der Waals surface area contributed by atoms with Gasteiger partial charge in [0.05, 0.1) is 7.11 Å². The molecule has 0 radical (unpaired) electrons. The van der Waals surface area contributed by atoms with Gasteiger partial charge in [-0.15, -0.1) is 0 Å². The average Bonchev–Trinajstić information content (AvgIpc) is 3.00. The molecule has 1 amide bonds. The summed E-state index contributed by atoms with van der Waals surface area (Å²) in [5, 5.41) is 0. The van der Waals surface area contributed by atoms with Gasteiger partial charge in [-0.2, -0.15) is 0 Å². The maximum Gasteiger partial charge on any atom is 0.410 e. The quantitative estimate of drug-likeness (QED) is 0.790. The zero-order chi connectivity index (χ0) is 17.7. The molecule has 2 rings (SSSR count). The third kappa shape index (κ3) is 4.85. The van der Waals surface area contributed by atoms with Crippen molar-refractivity contribution in [3.8, 4) is 0 Å². The SMILES string of the molecule is COC(=O)C1=CC[C@@H](N(Cc2ccccc2)C(=O)OC(C)(C)C)C1. The standard InChI is InChI=1S/C19H25NO4/c1-19(2,3)24-18(22)20(13-14-8-6-5-7-9-14)16-11-10-15(12-16)17(21)23-4/h5-10,16H,11-13H2,1-4H3/t16-/m1/s1. The molecule has 1 aromatic rings. The second kappa shape index (κ2) is 7.51. The van der Waals surface area contributed by atoms with Crippen molar-refractivity contribution < 1.29 is 19.1 Å². The lowest BCUT2D eigenvalue weighted by molar-refractivity contribution is -0.136. The minimum atomic E-state index is -0.566. The smallest absolute Gasteiger partial charge is 0.410 e. The van der Waals surface area contributed by atoms with E-state index < -0.39 is 5.60 Å². The number of nitrogens with zero attached hydrogens (tertiary/aromatic N) is 1. The van der Waals surface area contributed by atoms with E-state index in [1.54, 1.807) is 4.90 Å². The van der Waals surface area contributed by atoms with E-state index in [4.69, 9.17) is 9.47 Å². The molecule has 0 saturated heterocycles. The third-order valence-corrected chi connectivity index (χ3v) is 3.80. The van der Waals surface area contributed by atoms with Gasteiger partial charge in [0, 0.05) is 24.6 Å². The molecule has 130 valence electrons. The number of carbonyl (C=O) groups excluding carboxylic acids is 2. The highest BCUT2D eigenvalue weighted by molar-refractivity contribution is 5.89. The number of hydrogen-bond acceptors (Lipinski definition) is 4. The van der Waals surface area contributed by atoms with Crippen LogP contribution in [0, 0.1) is 0 Å². The normalized spacial score (nSPS) is 17.2. The second-order valence-corrected chi connectivity index (χ2v) is 6.91. The average molecular weight is 331 g/mol. The molecule has 0 fully saturated rings. The maximum atomic E-state index is 12.7. The molecule has 1 aliphatic rings. The topological polar surface area (TPSA) is 55.8 Å². The first kappa shape index (κ1) is 18.0. The third-order valence-electron chi connectivity index (χ3n) is 3.80. The Bertz CT molecular complexity index is 616. The lowest BCUT2D eigenvalue weighted by Gasteiger charge is -2.32. The van der Waals surface area contributed by atoms with Gasteiger partial charge in [-0.3, -0.25) is 0 Å². The summed E-state index contributed by atoms with van der Waals surface area (Å²) in [6.45, 7) is 5.98. The summed E-state index contributed by atoms with van der Waals surface area (Å²) in [6, 6.07) is 9.66. The van der Waals surface area contributed by atoms with E-state index in [9.17, 15) is 9.59 Å². The van der Waals surface area contributed by atoms with Crippen LogP contribution in [0.2, 0.25) is 0 Å². The Kier molecular flexibility index (Phi) is 5.65. The number of hydrogen-bond donors (Lipinski definition) is 0. The van der Waals surface area contributed by atoms with Crippen LogP contribution in [0.25, 0.3) is 0 Å². The fourth-order valence-corrected chi connectivity index (χ4v) is 2.68. The van der Waals surface area contributed by atoms with Crippen LogP contribution in [-0.4, -0.2) is 35.7 Å². The molecule has 5 nitrogen and oxygen atoms in total. The van der Waals surface area contributed by atoms with Gasteiger partial charge in [0.25, 0.3) is 0 Å². The van der Waals surface area contributed by atoms with Gasteiger partial charge in [0.15, 0.2) is 0 Å². The molecule has 0 heterocycles. The first-order valence-corrected chi connectivity index (χ1v) is 8.11. The molecule has 1 aliphatic carbocycles. The molecule has 0 unspecified atom stereocenters. The van der Waals surface area contributed by atoms with Gasteiger partial charge in [-0.05, 0) is 32.8 Å². The van der Waals surface area contributed by atoms with Crippen LogP contribution in [0.5, 0.6) is 0 Å². The summed E-state index contributed by atoms with van der Waals surface area (Å²) < 4.78 is 10.3. The Morgan fingerprint density at radius 3 is 2.46 bits per heavy atom. The Morgan fingerprint density at radius 2 is 1.88 bits per heavy atom. The van der Waals surface area contributed by atoms with Crippen molar-refractivity contribution in [1.82, 2.24) is 4.90 Å². The Balaban J connectivity index is 2.14. The van der Waals surface area contributed by atoms with Crippen molar-refractivity contribution in [3.05, 3.63) is 47.5 Å². The van der Waals surface area contributed by atoms with E-state index in [0.717, 1.165) is 5.56 Å². The number of esters is 1. The molecule has 0 N–H and O–H groups in total. The van der Waals surface area contributed by atoms with Gasteiger partial charge < -0.3 is 14.4 Å². The zero-order valence-electron chi connectivity index (χ0n) is 14.7. The predicted molar refractivity (Wildman–Crippen MR) is 91.3 cm³/mol. The molecule has 1 atom stereocenters. The zero-order valence-corrected chi connectivity index (χ0v) is 14.7. The number of amides is 1. The maximum absolute atomic E-state index is 12.7. The fourth-order valence-electron chi connectivity index (χ4n) is 2.68. The molecule has 5 heteroatoms. The largest absolute Gasteiger partial charge is 0.466 e. The summed E-state index contributed by atoms with van der Waals surface area (Å²) in [5.41, 5.74) is 1.07. The lowest BCUT2D eigenvalue weighted by Crippen LogP contribution is -2.42. The summed E-state index contributed by atoms with van der Waals surface area (Å²) >= 11 is 0. The molecular formula is C19H25NO4. The van der Waals surface area contributed by atoms with E-state index in [0.29, 0.717) is 25.0 Å². The number of carbonyl (C=O) groups is 2. The van der Waals surface area contributed by atoms with Crippen LogP contribution in [0.4, 0.5) is 4.79 Å². The summed E-state index contributed by atoms with van der Waals surface area (Å²) in [7, 11) is 1.37.